The molecule has 0 bridgehead atoms. The van der Waals surface area contributed by atoms with Gasteiger partial charge < -0.3 is 10.4 Å². The van der Waals surface area contributed by atoms with E-state index in [1.165, 1.54) is 12.1 Å². The monoisotopic (exact) mass is 265 g/mol. The predicted molar refractivity (Wildman–Crippen MR) is 71.6 cm³/mol. The number of nitrogens with one attached hydrogen (secondary N) is 1. The molecule has 0 spiro atoms. The van der Waals surface area contributed by atoms with Crippen LogP contribution in [-0.4, -0.2) is 5.11 Å². The van der Waals surface area contributed by atoms with Gasteiger partial charge in [-0.1, -0.05) is 29.8 Å². The van der Waals surface area contributed by atoms with Gasteiger partial charge in [0.15, 0.2) is 0 Å². The molecule has 4 heteroatoms. The van der Waals surface area contributed by atoms with Gasteiger partial charge in [0, 0.05) is 17.8 Å². The zero-order valence-electron chi connectivity index (χ0n) is 9.87. The van der Waals surface area contributed by atoms with Gasteiger partial charge in [-0.2, -0.15) is 0 Å². The molecule has 0 radical (unpaired) electrons. The summed E-state index contributed by atoms with van der Waals surface area (Å²) < 4.78 is 13.1. The van der Waals surface area contributed by atoms with E-state index in [0.29, 0.717) is 22.8 Å². The third-order valence-electron chi connectivity index (χ3n) is 2.74. The Labute approximate surface area is 110 Å². The van der Waals surface area contributed by atoms with Crippen LogP contribution in [0.4, 0.5) is 10.1 Å². The van der Waals surface area contributed by atoms with Crippen LogP contribution in [0.15, 0.2) is 36.4 Å². The van der Waals surface area contributed by atoms with Crippen LogP contribution >= 0.6 is 11.6 Å². The lowest BCUT2D eigenvalue weighted by Gasteiger charge is -2.11. The van der Waals surface area contributed by atoms with Crippen LogP contribution in [0.5, 0.6) is 5.75 Å². The topological polar surface area (TPSA) is 32.3 Å². The van der Waals surface area contributed by atoms with E-state index >= 15 is 0 Å². The normalized spacial score (nSPS) is 10.4. The summed E-state index contributed by atoms with van der Waals surface area (Å²) in [6.45, 7) is 2.27. The average molecular weight is 266 g/mol. The number of phenolic OH excluding ortho intramolecular Hbond substituents is 1. The van der Waals surface area contributed by atoms with Crippen molar-refractivity contribution in [1.29, 1.82) is 0 Å². The first kappa shape index (κ1) is 12.7. The minimum atomic E-state index is -0.293. The number of rotatable bonds is 3. The molecule has 0 fully saturated rings. The minimum Gasteiger partial charge on any atom is -0.506 e. The van der Waals surface area contributed by atoms with Gasteiger partial charge in [-0.15, -0.1) is 0 Å². The molecule has 0 saturated heterocycles. The first-order valence-electron chi connectivity index (χ1n) is 5.54. The molecule has 0 aliphatic rings. The van der Waals surface area contributed by atoms with Crippen molar-refractivity contribution in [2.45, 2.75) is 13.5 Å². The first-order valence-corrected chi connectivity index (χ1v) is 5.92. The lowest BCUT2D eigenvalue weighted by atomic mass is 10.1. The summed E-state index contributed by atoms with van der Waals surface area (Å²) >= 11 is 5.81. The number of hydrogen-bond donors (Lipinski definition) is 2. The number of aryl methyl sites for hydroxylation is 1. The second-order valence-corrected chi connectivity index (χ2v) is 4.47. The van der Waals surface area contributed by atoms with Crippen molar-refractivity contribution in [2.24, 2.45) is 0 Å². The second kappa shape index (κ2) is 5.27. The standard InChI is InChI=1S/C14H13ClFNO/c1-9-5-6-11(16)7-13(9)17-8-10-3-2-4-12(15)14(10)18/h2-7,17-18H,8H2,1H3. The third-order valence-corrected chi connectivity index (χ3v) is 3.04. The SMILES string of the molecule is Cc1ccc(F)cc1NCc1cccc(Cl)c1O. The number of benzene rings is 2. The summed E-state index contributed by atoms with van der Waals surface area (Å²) in [5.74, 6) is -0.237. The molecule has 0 heterocycles. The smallest absolute Gasteiger partial charge is 0.139 e. The highest BCUT2D eigenvalue weighted by molar-refractivity contribution is 6.32. The summed E-state index contributed by atoms with van der Waals surface area (Å²) in [6, 6.07) is 9.69. The van der Waals surface area contributed by atoms with Crippen LogP contribution in [-0.2, 0) is 6.54 Å². The Morgan fingerprint density at radius 1 is 1.28 bits per heavy atom. The highest BCUT2D eigenvalue weighted by atomic mass is 35.5. The van der Waals surface area contributed by atoms with Gasteiger partial charge in [0.25, 0.3) is 0 Å². The van der Waals surface area contributed by atoms with Gasteiger partial charge in [0.05, 0.1) is 5.02 Å². The van der Waals surface area contributed by atoms with E-state index < -0.39 is 0 Å². The van der Waals surface area contributed by atoms with Gasteiger partial charge >= 0.3 is 0 Å². The molecule has 0 saturated carbocycles. The van der Waals surface area contributed by atoms with Crippen molar-refractivity contribution in [2.75, 3.05) is 5.32 Å². The Bertz CT molecular complexity index is 570. The molecule has 2 nitrogen and oxygen atoms in total. The number of phenols is 1. The van der Waals surface area contributed by atoms with E-state index in [-0.39, 0.29) is 11.6 Å². The molecule has 0 aliphatic carbocycles. The predicted octanol–water partition coefficient (Wildman–Crippen LogP) is 4.11. The van der Waals surface area contributed by atoms with Gasteiger partial charge in [-0.25, -0.2) is 4.39 Å². The molecule has 2 aromatic rings. The highest BCUT2D eigenvalue weighted by Gasteiger charge is 2.06. The minimum absolute atomic E-state index is 0.0562. The molecule has 0 unspecified atom stereocenters. The number of hydrogen-bond acceptors (Lipinski definition) is 2. The molecule has 0 aromatic heterocycles. The Morgan fingerprint density at radius 2 is 2.06 bits per heavy atom. The average Bonchev–Trinajstić information content (AvgIpc) is 2.35. The largest absolute Gasteiger partial charge is 0.506 e. The lowest BCUT2D eigenvalue weighted by molar-refractivity contribution is 0.469. The summed E-state index contributed by atoms with van der Waals surface area (Å²) in [7, 11) is 0. The molecule has 2 N–H and O–H groups in total. The van der Waals surface area contributed by atoms with E-state index in [2.05, 4.69) is 5.32 Å². The zero-order chi connectivity index (χ0) is 13.1. The quantitative estimate of drug-likeness (QED) is 0.875. The van der Waals surface area contributed by atoms with Crippen molar-refractivity contribution < 1.29 is 9.50 Å². The number of anilines is 1. The number of aromatic hydroxyl groups is 1. The Hall–Kier alpha value is -1.74. The molecule has 0 aliphatic heterocycles. The number of para-hydroxylation sites is 1. The van der Waals surface area contributed by atoms with Crippen LogP contribution in [0.1, 0.15) is 11.1 Å². The van der Waals surface area contributed by atoms with Gasteiger partial charge in [-0.05, 0) is 30.7 Å². The maximum Gasteiger partial charge on any atom is 0.139 e. The molecular weight excluding hydrogens is 253 g/mol. The summed E-state index contributed by atoms with van der Waals surface area (Å²) in [5.41, 5.74) is 2.32. The van der Waals surface area contributed by atoms with E-state index in [0.717, 1.165) is 5.56 Å². The molecule has 0 atom stereocenters. The molecule has 18 heavy (non-hydrogen) atoms. The summed E-state index contributed by atoms with van der Waals surface area (Å²) in [6.07, 6.45) is 0. The fourth-order valence-electron chi connectivity index (χ4n) is 1.68. The molecular formula is C14H13ClFNO. The van der Waals surface area contributed by atoms with Crippen molar-refractivity contribution in [1.82, 2.24) is 0 Å². The van der Waals surface area contributed by atoms with E-state index in [4.69, 9.17) is 11.6 Å². The van der Waals surface area contributed by atoms with Crippen LogP contribution in [0.3, 0.4) is 0 Å². The number of halogens is 2. The zero-order valence-corrected chi connectivity index (χ0v) is 10.6. The summed E-state index contributed by atoms with van der Waals surface area (Å²) in [4.78, 5) is 0. The van der Waals surface area contributed by atoms with Crippen molar-refractivity contribution in [3.8, 4) is 5.75 Å². The fourth-order valence-corrected chi connectivity index (χ4v) is 1.87. The van der Waals surface area contributed by atoms with Gasteiger partial charge in [0.2, 0.25) is 0 Å². The molecule has 94 valence electrons. The van der Waals surface area contributed by atoms with Crippen molar-refractivity contribution in [3.63, 3.8) is 0 Å². The van der Waals surface area contributed by atoms with Crippen LogP contribution < -0.4 is 5.32 Å². The Balaban J connectivity index is 2.16. The van der Waals surface area contributed by atoms with E-state index in [9.17, 15) is 9.50 Å². The Kier molecular flexibility index (Phi) is 3.72. The maximum atomic E-state index is 13.1. The maximum absolute atomic E-state index is 13.1. The third kappa shape index (κ3) is 2.74. The van der Waals surface area contributed by atoms with Crippen LogP contribution in [0, 0.1) is 12.7 Å². The van der Waals surface area contributed by atoms with E-state index in [1.807, 2.05) is 6.92 Å². The summed E-state index contributed by atoms with van der Waals surface area (Å²) in [5, 5.41) is 13.1. The van der Waals surface area contributed by atoms with E-state index in [1.54, 1.807) is 24.3 Å². The first-order chi connectivity index (χ1) is 8.58. The molecule has 2 aromatic carbocycles. The highest BCUT2D eigenvalue weighted by Crippen LogP contribution is 2.27. The van der Waals surface area contributed by atoms with Crippen LogP contribution in [0.25, 0.3) is 0 Å². The molecule has 2 rings (SSSR count). The Morgan fingerprint density at radius 3 is 2.83 bits per heavy atom. The molecule has 0 amide bonds. The van der Waals surface area contributed by atoms with Crippen LogP contribution in [0.2, 0.25) is 5.02 Å². The van der Waals surface area contributed by atoms with Crippen molar-refractivity contribution >= 4 is 17.3 Å². The second-order valence-electron chi connectivity index (χ2n) is 4.06. The van der Waals surface area contributed by atoms with Gasteiger partial charge in [-0.3, -0.25) is 0 Å². The van der Waals surface area contributed by atoms with Gasteiger partial charge in [0.1, 0.15) is 11.6 Å². The fraction of sp³-hybridized carbons (Fsp3) is 0.143. The lowest BCUT2D eigenvalue weighted by Crippen LogP contribution is -2.01. The van der Waals surface area contributed by atoms with Crippen molar-refractivity contribution in [3.05, 3.63) is 58.4 Å².